The van der Waals surface area contributed by atoms with Crippen molar-refractivity contribution in [1.29, 1.82) is 0 Å². The molecule has 0 aromatic heterocycles. The van der Waals surface area contributed by atoms with Crippen LogP contribution in [0.3, 0.4) is 0 Å². The van der Waals surface area contributed by atoms with Crippen LogP contribution in [0.5, 0.6) is 5.75 Å². The Balaban J connectivity index is 1.34. The van der Waals surface area contributed by atoms with Gasteiger partial charge >= 0.3 is 5.97 Å². The minimum absolute atomic E-state index is 0.0442. The number of rotatable bonds is 12. The molecule has 2 heterocycles. The number of nitrogens with zero attached hydrogens (tertiary/aromatic N) is 1. The van der Waals surface area contributed by atoms with E-state index in [0.29, 0.717) is 12.5 Å². The monoisotopic (exact) mass is 501 g/mol. The Labute approximate surface area is 216 Å². The van der Waals surface area contributed by atoms with Gasteiger partial charge in [0.15, 0.2) is 0 Å². The predicted molar refractivity (Wildman–Crippen MR) is 139 cm³/mol. The Kier molecular flexibility index (Phi) is 8.45. The molecule has 1 spiro atoms. The largest absolute Gasteiger partial charge is 0.492 e. The maximum Gasteiger partial charge on any atom is 0.331 e. The van der Waals surface area contributed by atoms with Gasteiger partial charge in [-0.25, -0.2) is 4.79 Å². The molecule has 4 rings (SSSR count). The third kappa shape index (κ3) is 6.31. The SMILES string of the molecule is COC1[C@H](OC(=O)/C=C/c2ccc(OCCN(C)C)cc2)CCC2(CO2)[C@H]1[C@@]1(C)O[C@@H]1CCC(C)C. The molecule has 1 aromatic carbocycles. The Morgan fingerprint density at radius 2 is 1.97 bits per heavy atom. The molecule has 200 valence electrons. The van der Waals surface area contributed by atoms with Gasteiger partial charge in [0.2, 0.25) is 0 Å². The van der Waals surface area contributed by atoms with Gasteiger partial charge in [0.25, 0.3) is 0 Å². The smallest absolute Gasteiger partial charge is 0.331 e. The Morgan fingerprint density at radius 3 is 2.58 bits per heavy atom. The lowest BCUT2D eigenvalue weighted by Crippen LogP contribution is -2.55. The van der Waals surface area contributed by atoms with Crippen molar-refractivity contribution in [2.75, 3.05) is 41.0 Å². The number of hydrogen-bond acceptors (Lipinski definition) is 7. The van der Waals surface area contributed by atoms with Crippen LogP contribution >= 0.6 is 0 Å². The van der Waals surface area contributed by atoms with Gasteiger partial charge in [0.05, 0.1) is 18.6 Å². The molecule has 1 aliphatic carbocycles. The summed E-state index contributed by atoms with van der Waals surface area (Å²) in [7, 11) is 5.73. The van der Waals surface area contributed by atoms with Crippen molar-refractivity contribution in [3.8, 4) is 5.75 Å². The summed E-state index contributed by atoms with van der Waals surface area (Å²) in [4.78, 5) is 14.8. The van der Waals surface area contributed by atoms with E-state index >= 15 is 0 Å². The Morgan fingerprint density at radius 1 is 1.25 bits per heavy atom. The van der Waals surface area contributed by atoms with Crippen molar-refractivity contribution in [2.45, 2.75) is 76.0 Å². The fourth-order valence-electron chi connectivity index (χ4n) is 5.65. The second-order valence-electron chi connectivity index (χ2n) is 11.4. The summed E-state index contributed by atoms with van der Waals surface area (Å²) in [6.07, 6.45) is 6.61. The van der Waals surface area contributed by atoms with E-state index in [1.54, 1.807) is 13.2 Å². The molecular formula is C29H43NO6. The molecule has 2 saturated heterocycles. The normalized spacial score (nSPS) is 33.4. The minimum Gasteiger partial charge on any atom is -0.492 e. The molecular weight excluding hydrogens is 458 g/mol. The van der Waals surface area contributed by atoms with Crippen LogP contribution in [0.2, 0.25) is 0 Å². The molecule has 0 bridgehead atoms. The second-order valence-corrected chi connectivity index (χ2v) is 11.4. The second kappa shape index (κ2) is 11.2. The highest BCUT2D eigenvalue weighted by Crippen LogP contribution is 2.59. The number of carbonyl (C=O) groups excluding carboxylic acids is 1. The highest BCUT2D eigenvalue weighted by Gasteiger charge is 2.72. The number of carbonyl (C=O) groups is 1. The number of methoxy groups -OCH3 is 1. The number of hydrogen-bond donors (Lipinski definition) is 0. The Bertz CT molecular complexity index is 909. The van der Waals surface area contributed by atoms with Gasteiger partial charge in [0.1, 0.15) is 35.8 Å². The average Bonchev–Trinajstić information content (AvgIpc) is 3.75. The van der Waals surface area contributed by atoms with Gasteiger partial charge in [-0.05, 0) is 76.4 Å². The third-order valence-electron chi connectivity index (χ3n) is 7.87. The maximum atomic E-state index is 12.8. The van der Waals surface area contributed by atoms with E-state index in [2.05, 4.69) is 25.7 Å². The van der Waals surface area contributed by atoms with Crippen LogP contribution in [0, 0.1) is 11.8 Å². The van der Waals surface area contributed by atoms with Gasteiger partial charge < -0.3 is 28.6 Å². The van der Waals surface area contributed by atoms with Gasteiger partial charge in [-0.2, -0.15) is 0 Å². The number of epoxide rings is 2. The molecule has 36 heavy (non-hydrogen) atoms. The predicted octanol–water partition coefficient (Wildman–Crippen LogP) is 4.34. The van der Waals surface area contributed by atoms with E-state index in [1.165, 1.54) is 6.08 Å². The lowest BCUT2D eigenvalue weighted by Gasteiger charge is -2.42. The molecule has 7 nitrogen and oxygen atoms in total. The average molecular weight is 502 g/mol. The lowest BCUT2D eigenvalue weighted by molar-refractivity contribution is -0.166. The summed E-state index contributed by atoms with van der Waals surface area (Å²) >= 11 is 0. The summed E-state index contributed by atoms with van der Waals surface area (Å²) < 4.78 is 29.9. The zero-order valence-electron chi connectivity index (χ0n) is 22.7. The third-order valence-corrected chi connectivity index (χ3v) is 7.87. The molecule has 0 radical (unpaired) electrons. The molecule has 3 fully saturated rings. The molecule has 3 aliphatic rings. The zero-order valence-corrected chi connectivity index (χ0v) is 22.7. The number of likely N-dealkylation sites (N-methyl/N-ethyl adjacent to an activating group) is 1. The first-order chi connectivity index (χ1) is 17.2. The first kappa shape index (κ1) is 27.1. The van der Waals surface area contributed by atoms with E-state index in [0.717, 1.165) is 50.1 Å². The highest BCUT2D eigenvalue weighted by molar-refractivity contribution is 5.87. The summed E-state index contributed by atoms with van der Waals surface area (Å²) in [6, 6.07) is 7.68. The molecule has 1 saturated carbocycles. The van der Waals surface area contributed by atoms with Crippen LogP contribution in [-0.2, 0) is 23.7 Å². The van der Waals surface area contributed by atoms with Gasteiger partial charge in [-0.1, -0.05) is 26.0 Å². The quantitative estimate of drug-likeness (QED) is 0.240. The summed E-state index contributed by atoms with van der Waals surface area (Å²) in [5.41, 5.74) is 0.398. The van der Waals surface area contributed by atoms with Crippen molar-refractivity contribution in [1.82, 2.24) is 4.90 Å². The zero-order chi connectivity index (χ0) is 25.9. The standard InChI is InChI=1S/C29H43NO6/c1-20(2)7-13-24-28(3,36-24)27-26(32-6)23(15-16-29(27)19-34-29)35-25(31)14-10-21-8-11-22(12-9-21)33-18-17-30(4)5/h8-12,14,20,23-24,26-27H,7,13,15-19H2,1-6H3/b14-10+/t23-,24-,26?,27-,28+,29?/m1/s1. The van der Waals surface area contributed by atoms with Crippen LogP contribution in [0.15, 0.2) is 30.3 Å². The number of esters is 1. The van der Waals surface area contributed by atoms with Gasteiger partial charge in [-0.15, -0.1) is 0 Å². The molecule has 0 N–H and O–H groups in total. The summed E-state index contributed by atoms with van der Waals surface area (Å²) in [6.45, 7) is 8.86. The number of benzene rings is 1. The fraction of sp³-hybridized carbons (Fsp3) is 0.690. The maximum absolute atomic E-state index is 12.8. The Hall–Kier alpha value is -1.93. The van der Waals surface area contributed by atoms with Crippen LogP contribution in [0.4, 0.5) is 0 Å². The summed E-state index contributed by atoms with van der Waals surface area (Å²) in [5, 5.41) is 0. The van der Waals surface area contributed by atoms with E-state index in [4.69, 9.17) is 23.7 Å². The van der Waals surface area contributed by atoms with Crippen molar-refractivity contribution >= 4 is 12.0 Å². The van der Waals surface area contributed by atoms with E-state index in [9.17, 15) is 4.79 Å². The molecule has 2 unspecified atom stereocenters. The van der Waals surface area contributed by atoms with Crippen molar-refractivity contribution in [2.24, 2.45) is 11.8 Å². The molecule has 6 atom stereocenters. The van der Waals surface area contributed by atoms with E-state index in [1.807, 2.05) is 38.4 Å². The van der Waals surface area contributed by atoms with Crippen molar-refractivity contribution < 1.29 is 28.5 Å². The molecule has 7 heteroatoms. The highest BCUT2D eigenvalue weighted by atomic mass is 16.6. The van der Waals surface area contributed by atoms with Crippen LogP contribution in [0.1, 0.15) is 52.0 Å². The minimum atomic E-state index is -0.363. The van der Waals surface area contributed by atoms with Gasteiger partial charge in [-0.3, -0.25) is 0 Å². The van der Waals surface area contributed by atoms with Crippen molar-refractivity contribution in [3.63, 3.8) is 0 Å². The van der Waals surface area contributed by atoms with Crippen LogP contribution < -0.4 is 4.74 Å². The number of ether oxygens (including phenoxy) is 5. The van der Waals surface area contributed by atoms with E-state index < -0.39 is 0 Å². The van der Waals surface area contributed by atoms with Crippen LogP contribution in [0.25, 0.3) is 6.08 Å². The van der Waals surface area contributed by atoms with Crippen molar-refractivity contribution in [3.05, 3.63) is 35.9 Å². The van der Waals surface area contributed by atoms with Gasteiger partial charge in [0, 0.05) is 19.7 Å². The van der Waals surface area contributed by atoms with Crippen LogP contribution in [-0.4, -0.2) is 81.3 Å². The fourth-order valence-corrected chi connectivity index (χ4v) is 5.65. The molecule has 0 amide bonds. The lowest BCUT2D eigenvalue weighted by atomic mass is 9.68. The summed E-state index contributed by atoms with van der Waals surface area (Å²) in [5.74, 6) is 1.13. The molecule has 2 aliphatic heterocycles. The topological polar surface area (TPSA) is 73.1 Å². The molecule has 1 aromatic rings. The first-order valence-electron chi connectivity index (χ1n) is 13.3. The van der Waals surface area contributed by atoms with E-state index in [-0.39, 0.29) is 41.4 Å². The first-order valence-corrected chi connectivity index (χ1v) is 13.3.